The number of carbonyl (C=O) groups is 1. The first-order valence-corrected chi connectivity index (χ1v) is 12.7. The first-order chi connectivity index (χ1) is 17.4. The number of nitrogens with one attached hydrogen (secondary N) is 1. The lowest BCUT2D eigenvalue weighted by molar-refractivity contribution is -0.129. The Labute approximate surface area is 209 Å². The van der Waals surface area contributed by atoms with E-state index in [0.29, 0.717) is 30.1 Å². The number of rotatable bonds is 4. The van der Waals surface area contributed by atoms with Crippen LogP contribution < -0.4 is 10.2 Å². The lowest BCUT2D eigenvalue weighted by Crippen LogP contribution is -2.27. The number of carbonyl (C=O) groups excluding carboxylic acids is 1. The Balaban J connectivity index is 1.49. The molecular formula is C28H31F2N5O. The van der Waals surface area contributed by atoms with Gasteiger partial charge in [-0.3, -0.25) is 9.48 Å². The van der Waals surface area contributed by atoms with Crippen molar-refractivity contribution in [3.8, 4) is 11.1 Å². The molecule has 1 amide bonds. The summed E-state index contributed by atoms with van der Waals surface area (Å²) in [5, 5.41) is 7.66. The van der Waals surface area contributed by atoms with Gasteiger partial charge in [-0.25, -0.2) is 8.78 Å². The Bertz CT molecular complexity index is 1330. The number of alkyl halides is 2. The van der Waals surface area contributed by atoms with Gasteiger partial charge in [-0.05, 0) is 72.2 Å². The van der Waals surface area contributed by atoms with Gasteiger partial charge in [0.05, 0.1) is 6.20 Å². The Kier molecular flexibility index (Phi) is 5.79. The smallest absolute Gasteiger partial charge is 0.264 e. The molecule has 3 aliphatic heterocycles. The summed E-state index contributed by atoms with van der Waals surface area (Å²) in [6.45, 7) is 5.48. The topological polar surface area (TPSA) is 53.4 Å². The van der Waals surface area contributed by atoms with Crippen molar-refractivity contribution in [1.29, 1.82) is 0 Å². The summed E-state index contributed by atoms with van der Waals surface area (Å²) in [6.07, 6.45) is 3.71. The van der Waals surface area contributed by atoms with Gasteiger partial charge in [0.2, 0.25) is 5.91 Å². The highest BCUT2D eigenvalue weighted by molar-refractivity contribution is 5.80. The highest BCUT2D eigenvalue weighted by atomic mass is 19.3. The van der Waals surface area contributed by atoms with E-state index in [0.717, 1.165) is 61.4 Å². The van der Waals surface area contributed by atoms with Crippen molar-refractivity contribution in [2.45, 2.75) is 51.6 Å². The van der Waals surface area contributed by atoms with Crippen molar-refractivity contribution >= 4 is 17.3 Å². The van der Waals surface area contributed by atoms with Crippen LogP contribution in [0.4, 0.5) is 20.2 Å². The molecule has 3 aromatic rings. The second-order valence-electron chi connectivity index (χ2n) is 10.3. The molecule has 0 radical (unpaired) electrons. The molecule has 8 heteroatoms. The maximum atomic E-state index is 14.4. The predicted molar refractivity (Wildman–Crippen MR) is 136 cm³/mol. The van der Waals surface area contributed by atoms with E-state index in [1.807, 2.05) is 11.0 Å². The average Bonchev–Trinajstić information content (AvgIpc) is 3.62. The summed E-state index contributed by atoms with van der Waals surface area (Å²) in [4.78, 5) is 16.3. The number of nitrogens with zero attached hydrogens (tertiary/aromatic N) is 4. The third kappa shape index (κ3) is 3.97. The number of hydrogen-bond donors (Lipinski definition) is 1. The Hall–Kier alpha value is -3.26. The van der Waals surface area contributed by atoms with Gasteiger partial charge in [-0.1, -0.05) is 6.07 Å². The highest BCUT2D eigenvalue weighted by Gasteiger charge is 2.31. The molecule has 188 valence electrons. The van der Waals surface area contributed by atoms with Crippen LogP contribution in [0.5, 0.6) is 0 Å². The third-order valence-corrected chi connectivity index (χ3v) is 7.94. The molecule has 0 spiro atoms. The summed E-state index contributed by atoms with van der Waals surface area (Å²) >= 11 is 0. The highest BCUT2D eigenvalue weighted by Crippen LogP contribution is 2.45. The molecule has 6 rings (SSSR count). The maximum absolute atomic E-state index is 14.4. The lowest BCUT2D eigenvalue weighted by Gasteiger charge is -2.34. The van der Waals surface area contributed by atoms with Crippen molar-refractivity contribution in [2.75, 3.05) is 24.5 Å². The number of benzene rings is 2. The van der Waals surface area contributed by atoms with E-state index in [1.165, 1.54) is 11.1 Å². The molecule has 3 aliphatic rings. The maximum Gasteiger partial charge on any atom is 0.264 e. The van der Waals surface area contributed by atoms with Crippen molar-refractivity contribution < 1.29 is 13.6 Å². The molecule has 6 nitrogen and oxygen atoms in total. The van der Waals surface area contributed by atoms with Crippen molar-refractivity contribution in [3.63, 3.8) is 0 Å². The van der Waals surface area contributed by atoms with Crippen LogP contribution in [-0.4, -0.2) is 40.2 Å². The molecule has 0 bridgehead atoms. The van der Waals surface area contributed by atoms with Crippen molar-refractivity contribution in [2.24, 2.45) is 7.05 Å². The van der Waals surface area contributed by atoms with Crippen LogP contribution in [0.25, 0.3) is 11.1 Å². The monoisotopic (exact) mass is 491 g/mol. The van der Waals surface area contributed by atoms with Crippen LogP contribution in [0.3, 0.4) is 0 Å². The fourth-order valence-corrected chi connectivity index (χ4v) is 6.04. The second kappa shape index (κ2) is 9.00. The van der Waals surface area contributed by atoms with E-state index in [9.17, 15) is 13.6 Å². The van der Waals surface area contributed by atoms with Gasteiger partial charge in [-0.2, -0.15) is 5.10 Å². The van der Waals surface area contributed by atoms with Gasteiger partial charge in [0, 0.05) is 74.4 Å². The van der Waals surface area contributed by atoms with Crippen molar-refractivity contribution in [1.82, 2.24) is 20.0 Å². The number of aryl methyl sites for hydroxylation is 2. The second-order valence-corrected chi connectivity index (χ2v) is 10.3. The zero-order chi connectivity index (χ0) is 25.0. The molecule has 1 saturated heterocycles. The molecule has 0 aliphatic carbocycles. The summed E-state index contributed by atoms with van der Waals surface area (Å²) in [5.74, 6) is 0.482. The van der Waals surface area contributed by atoms with Gasteiger partial charge in [0.25, 0.3) is 6.43 Å². The van der Waals surface area contributed by atoms with Crippen LogP contribution in [0.15, 0.2) is 36.7 Å². The first-order valence-electron chi connectivity index (χ1n) is 12.7. The number of halogens is 2. The summed E-state index contributed by atoms with van der Waals surface area (Å²) in [6, 6.07) is 8.15. The van der Waals surface area contributed by atoms with Gasteiger partial charge >= 0.3 is 0 Å². The van der Waals surface area contributed by atoms with E-state index >= 15 is 0 Å². The molecular weight excluding hydrogens is 460 g/mol. The predicted octanol–water partition coefficient (Wildman–Crippen LogP) is 5.05. The number of hydrogen-bond acceptors (Lipinski definition) is 4. The minimum Gasteiger partial charge on any atom is -0.341 e. The summed E-state index contributed by atoms with van der Waals surface area (Å²) < 4.78 is 30.3. The fourth-order valence-electron chi connectivity index (χ4n) is 6.04. The van der Waals surface area contributed by atoms with Crippen LogP contribution >= 0.6 is 0 Å². The van der Waals surface area contributed by atoms with Gasteiger partial charge < -0.3 is 15.1 Å². The number of amides is 1. The zero-order valence-electron chi connectivity index (χ0n) is 20.7. The normalized spacial score (nSPS) is 19.2. The van der Waals surface area contributed by atoms with E-state index in [4.69, 9.17) is 0 Å². The van der Waals surface area contributed by atoms with E-state index in [1.54, 1.807) is 37.1 Å². The average molecular weight is 492 g/mol. The molecule has 0 saturated carbocycles. The van der Waals surface area contributed by atoms with E-state index < -0.39 is 6.43 Å². The Morgan fingerprint density at radius 3 is 2.69 bits per heavy atom. The zero-order valence-corrected chi connectivity index (χ0v) is 20.7. The Morgan fingerprint density at radius 1 is 1.14 bits per heavy atom. The summed E-state index contributed by atoms with van der Waals surface area (Å²) in [7, 11) is 1.80. The lowest BCUT2D eigenvalue weighted by atomic mass is 9.90. The minimum absolute atomic E-state index is 0.0341. The number of anilines is 2. The molecule has 1 atom stereocenters. The molecule has 1 aromatic heterocycles. The molecule has 36 heavy (non-hydrogen) atoms. The molecule has 4 heterocycles. The van der Waals surface area contributed by atoms with Crippen LogP contribution in [-0.2, 0) is 31.4 Å². The fraction of sp³-hybridized carbons (Fsp3) is 0.429. The van der Waals surface area contributed by atoms with Gasteiger partial charge in [-0.15, -0.1) is 0 Å². The molecule has 1 fully saturated rings. The largest absolute Gasteiger partial charge is 0.341 e. The Morgan fingerprint density at radius 2 is 2.00 bits per heavy atom. The molecule has 1 N–H and O–H groups in total. The van der Waals surface area contributed by atoms with Crippen LogP contribution in [0, 0.1) is 0 Å². The number of fused-ring (bicyclic) bond motifs is 2. The van der Waals surface area contributed by atoms with E-state index in [2.05, 4.69) is 27.4 Å². The standard InChI is InChI=1S/C28H31F2N5O/c1-17(36)34-15-21-8-20(19-5-6-31-12-19)10-27(25(21)16-34)35-7-3-4-18-9-23(22-13-32-33(2)14-22)24(28(29)30)11-26(18)35/h8-11,13-14,19,28,31H,3-7,12,15-16H2,1-2H3. The summed E-state index contributed by atoms with van der Waals surface area (Å²) in [5.41, 5.74) is 7.88. The van der Waals surface area contributed by atoms with Crippen LogP contribution in [0.1, 0.15) is 59.9 Å². The third-order valence-electron chi connectivity index (χ3n) is 7.94. The number of aromatic nitrogens is 2. The van der Waals surface area contributed by atoms with E-state index in [-0.39, 0.29) is 11.5 Å². The first kappa shape index (κ1) is 23.2. The SMILES string of the molecule is CC(=O)N1Cc2cc(C3CCNC3)cc(N3CCCc4cc(-c5cnn(C)c5)c(C(F)F)cc43)c2C1. The van der Waals surface area contributed by atoms with Gasteiger partial charge in [0.15, 0.2) is 0 Å². The minimum atomic E-state index is -2.59. The molecule has 2 aromatic carbocycles. The quantitative estimate of drug-likeness (QED) is 0.555. The van der Waals surface area contributed by atoms with Gasteiger partial charge in [0.1, 0.15) is 0 Å². The molecule has 1 unspecified atom stereocenters. The van der Waals surface area contributed by atoms with Crippen molar-refractivity contribution in [3.05, 3.63) is 64.5 Å². The van der Waals surface area contributed by atoms with Crippen LogP contribution in [0.2, 0.25) is 0 Å².